The minimum Gasteiger partial charge on any atom is -0.373 e. The number of hydrogen-bond donors (Lipinski definition) is 1. The zero-order valence-corrected chi connectivity index (χ0v) is 13.2. The lowest BCUT2D eigenvalue weighted by atomic mass is 10.1. The zero-order valence-electron chi connectivity index (χ0n) is 12.5. The Morgan fingerprint density at radius 3 is 3.09 bits per heavy atom. The van der Waals surface area contributed by atoms with Crippen LogP contribution in [0.4, 0.5) is 5.69 Å². The Bertz CT molecular complexity index is 701. The minimum absolute atomic E-state index is 0.0486. The second-order valence-electron chi connectivity index (χ2n) is 5.44. The molecule has 1 aromatic carbocycles. The monoisotopic (exact) mass is 320 g/mol. The SMILES string of the molecule is Cc1nc(CCN(C)C(=O)C2Cc3cc(Cl)ccc3N2)no1. The number of amides is 1. The van der Waals surface area contributed by atoms with Crippen molar-refractivity contribution in [3.05, 3.63) is 40.5 Å². The van der Waals surface area contributed by atoms with Crippen LogP contribution in [0.15, 0.2) is 22.7 Å². The van der Waals surface area contributed by atoms with E-state index in [4.69, 9.17) is 16.1 Å². The quantitative estimate of drug-likeness (QED) is 0.933. The molecule has 2 aromatic rings. The number of aryl methyl sites for hydroxylation is 1. The van der Waals surface area contributed by atoms with Crippen LogP contribution in [0.3, 0.4) is 0 Å². The number of nitrogens with zero attached hydrogens (tertiary/aromatic N) is 3. The molecule has 116 valence electrons. The van der Waals surface area contributed by atoms with Gasteiger partial charge >= 0.3 is 0 Å². The molecular weight excluding hydrogens is 304 g/mol. The van der Waals surface area contributed by atoms with Gasteiger partial charge < -0.3 is 14.7 Å². The molecule has 0 radical (unpaired) electrons. The van der Waals surface area contributed by atoms with E-state index in [0.717, 1.165) is 11.3 Å². The Morgan fingerprint density at radius 1 is 1.55 bits per heavy atom. The highest BCUT2D eigenvalue weighted by Gasteiger charge is 2.28. The van der Waals surface area contributed by atoms with Gasteiger partial charge in [0.05, 0.1) is 0 Å². The largest absolute Gasteiger partial charge is 0.373 e. The molecule has 1 N–H and O–H groups in total. The number of hydrogen-bond acceptors (Lipinski definition) is 5. The van der Waals surface area contributed by atoms with Crippen molar-refractivity contribution in [1.82, 2.24) is 15.0 Å². The number of carbonyl (C=O) groups excluding carboxylic acids is 1. The summed E-state index contributed by atoms with van der Waals surface area (Å²) < 4.78 is 4.92. The summed E-state index contributed by atoms with van der Waals surface area (Å²) in [6.07, 6.45) is 1.23. The Balaban J connectivity index is 1.58. The van der Waals surface area contributed by atoms with Gasteiger partial charge in [-0.1, -0.05) is 16.8 Å². The summed E-state index contributed by atoms with van der Waals surface area (Å²) >= 11 is 5.99. The highest BCUT2D eigenvalue weighted by atomic mass is 35.5. The minimum atomic E-state index is -0.245. The van der Waals surface area contributed by atoms with Crippen molar-refractivity contribution in [3.63, 3.8) is 0 Å². The molecule has 0 spiro atoms. The first-order chi connectivity index (χ1) is 10.5. The van der Waals surface area contributed by atoms with E-state index < -0.39 is 0 Å². The maximum Gasteiger partial charge on any atom is 0.245 e. The molecule has 1 unspecified atom stereocenters. The molecule has 1 aliphatic rings. The fourth-order valence-corrected chi connectivity index (χ4v) is 2.76. The summed E-state index contributed by atoms with van der Waals surface area (Å²) in [6.45, 7) is 2.29. The van der Waals surface area contributed by atoms with Crippen LogP contribution in [0.2, 0.25) is 5.02 Å². The Labute approximate surface area is 133 Å². The van der Waals surface area contributed by atoms with Crippen molar-refractivity contribution in [2.75, 3.05) is 18.9 Å². The molecule has 0 fully saturated rings. The fourth-order valence-electron chi connectivity index (χ4n) is 2.57. The molecular formula is C15H17ClN4O2. The van der Waals surface area contributed by atoms with Crippen molar-refractivity contribution < 1.29 is 9.32 Å². The lowest BCUT2D eigenvalue weighted by Crippen LogP contribution is -2.40. The van der Waals surface area contributed by atoms with Gasteiger partial charge in [-0.2, -0.15) is 4.98 Å². The summed E-state index contributed by atoms with van der Waals surface area (Å²) in [5, 5.41) is 7.77. The molecule has 1 aliphatic heterocycles. The average molecular weight is 321 g/mol. The average Bonchev–Trinajstić information content (AvgIpc) is 3.09. The molecule has 3 rings (SSSR count). The van der Waals surface area contributed by atoms with Gasteiger partial charge in [0.1, 0.15) is 6.04 Å². The lowest BCUT2D eigenvalue weighted by molar-refractivity contribution is -0.130. The van der Waals surface area contributed by atoms with E-state index in [-0.39, 0.29) is 11.9 Å². The third-order valence-corrected chi connectivity index (χ3v) is 3.97. The van der Waals surface area contributed by atoms with Gasteiger partial charge in [0.2, 0.25) is 11.8 Å². The van der Waals surface area contributed by atoms with Crippen LogP contribution in [0.5, 0.6) is 0 Å². The molecule has 0 saturated carbocycles. The Kier molecular flexibility index (Phi) is 4.02. The summed E-state index contributed by atoms with van der Waals surface area (Å²) in [7, 11) is 1.78. The third kappa shape index (κ3) is 3.06. The van der Waals surface area contributed by atoms with E-state index >= 15 is 0 Å². The van der Waals surface area contributed by atoms with E-state index in [0.29, 0.717) is 36.1 Å². The van der Waals surface area contributed by atoms with Gasteiger partial charge in [0, 0.05) is 44.1 Å². The topological polar surface area (TPSA) is 71.3 Å². The van der Waals surface area contributed by atoms with Crippen molar-refractivity contribution >= 4 is 23.2 Å². The van der Waals surface area contributed by atoms with Gasteiger partial charge in [-0.05, 0) is 23.8 Å². The van der Waals surface area contributed by atoms with Crippen LogP contribution < -0.4 is 5.32 Å². The van der Waals surface area contributed by atoms with E-state index in [1.807, 2.05) is 18.2 Å². The molecule has 2 heterocycles. The molecule has 1 aromatic heterocycles. The van der Waals surface area contributed by atoms with Crippen LogP contribution in [-0.2, 0) is 17.6 Å². The smallest absolute Gasteiger partial charge is 0.245 e. The van der Waals surface area contributed by atoms with Gasteiger partial charge in [0.25, 0.3) is 0 Å². The highest BCUT2D eigenvalue weighted by Crippen LogP contribution is 2.29. The van der Waals surface area contributed by atoms with Gasteiger partial charge in [-0.25, -0.2) is 0 Å². The second-order valence-corrected chi connectivity index (χ2v) is 5.88. The molecule has 0 bridgehead atoms. The maximum atomic E-state index is 12.5. The van der Waals surface area contributed by atoms with Crippen molar-refractivity contribution in [3.8, 4) is 0 Å². The maximum absolute atomic E-state index is 12.5. The first-order valence-corrected chi connectivity index (χ1v) is 7.50. The summed E-state index contributed by atoms with van der Waals surface area (Å²) in [4.78, 5) is 18.3. The van der Waals surface area contributed by atoms with Gasteiger partial charge in [0.15, 0.2) is 5.82 Å². The van der Waals surface area contributed by atoms with Crippen LogP contribution in [0.25, 0.3) is 0 Å². The highest BCUT2D eigenvalue weighted by molar-refractivity contribution is 6.30. The number of rotatable bonds is 4. The molecule has 7 heteroatoms. The number of aromatic nitrogens is 2. The van der Waals surface area contributed by atoms with Crippen LogP contribution in [-0.4, -0.2) is 40.6 Å². The van der Waals surface area contributed by atoms with E-state index in [1.165, 1.54) is 0 Å². The first-order valence-electron chi connectivity index (χ1n) is 7.12. The number of fused-ring (bicyclic) bond motifs is 1. The number of likely N-dealkylation sites (N-methyl/N-ethyl adjacent to an activating group) is 1. The third-order valence-electron chi connectivity index (χ3n) is 3.74. The van der Waals surface area contributed by atoms with Crippen molar-refractivity contribution in [1.29, 1.82) is 0 Å². The van der Waals surface area contributed by atoms with E-state index in [9.17, 15) is 4.79 Å². The number of nitrogens with one attached hydrogen (secondary N) is 1. The molecule has 0 saturated heterocycles. The molecule has 22 heavy (non-hydrogen) atoms. The van der Waals surface area contributed by atoms with Crippen LogP contribution in [0.1, 0.15) is 17.3 Å². The zero-order chi connectivity index (χ0) is 15.7. The predicted molar refractivity (Wildman–Crippen MR) is 82.9 cm³/mol. The molecule has 6 nitrogen and oxygen atoms in total. The van der Waals surface area contributed by atoms with E-state index in [1.54, 1.807) is 18.9 Å². The van der Waals surface area contributed by atoms with Gasteiger partial charge in [-0.15, -0.1) is 0 Å². The van der Waals surface area contributed by atoms with Crippen LogP contribution >= 0.6 is 11.6 Å². The predicted octanol–water partition coefficient (Wildman–Crippen LogP) is 2.07. The number of benzene rings is 1. The fraction of sp³-hybridized carbons (Fsp3) is 0.400. The summed E-state index contributed by atoms with van der Waals surface area (Å²) in [5.41, 5.74) is 2.05. The second kappa shape index (κ2) is 5.96. The van der Waals surface area contributed by atoms with Gasteiger partial charge in [-0.3, -0.25) is 4.79 Å². The summed E-state index contributed by atoms with van der Waals surface area (Å²) in [6, 6.07) is 5.39. The molecule has 0 aliphatic carbocycles. The molecule has 1 amide bonds. The van der Waals surface area contributed by atoms with Crippen molar-refractivity contribution in [2.45, 2.75) is 25.8 Å². The Morgan fingerprint density at radius 2 is 2.36 bits per heavy atom. The number of carbonyl (C=O) groups is 1. The standard InChI is InChI=1S/C15H17ClN4O2/c1-9-17-14(19-22-9)5-6-20(2)15(21)13-8-10-7-11(16)3-4-12(10)18-13/h3-4,7,13,18H,5-6,8H2,1-2H3. The van der Waals surface area contributed by atoms with Crippen molar-refractivity contribution in [2.24, 2.45) is 0 Å². The normalized spacial score (nSPS) is 16.2. The first kappa shape index (κ1) is 14.8. The lowest BCUT2D eigenvalue weighted by Gasteiger charge is -2.20. The van der Waals surface area contributed by atoms with Crippen LogP contribution in [0, 0.1) is 6.92 Å². The Hall–Kier alpha value is -2.08. The van der Waals surface area contributed by atoms with E-state index in [2.05, 4.69) is 15.5 Å². The molecule has 1 atom stereocenters. The number of anilines is 1. The summed E-state index contributed by atoms with van der Waals surface area (Å²) in [5.74, 6) is 1.20. The number of halogens is 1.